The van der Waals surface area contributed by atoms with Crippen LogP contribution >= 0.6 is 11.8 Å². The number of primary amides is 1. The standard InChI is InChI=1S/C20H20N4O2S/c1-11-12(2)18(19(21)26)20(23-13(11)3)27-10-17(25)24-16-8-4-7-15-14(16)6-5-9-22-15/h4-9H,10H2,1-3H3,(H2,21,26)(H,24,25). The Morgan fingerprint density at radius 1 is 1.11 bits per heavy atom. The van der Waals surface area contributed by atoms with Crippen LogP contribution in [0.4, 0.5) is 5.69 Å². The van der Waals surface area contributed by atoms with E-state index in [-0.39, 0.29) is 11.7 Å². The fourth-order valence-electron chi connectivity index (χ4n) is 2.84. The maximum Gasteiger partial charge on any atom is 0.251 e. The second kappa shape index (κ2) is 7.75. The van der Waals surface area contributed by atoms with E-state index in [0.29, 0.717) is 16.3 Å². The van der Waals surface area contributed by atoms with Crippen LogP contribution in [-0.4, -0.2) is 27.5 Å². The van der Waals surface area contributed by atoms with Crippen LogP contribution in [0.3, 0.4) is 0 Å². The van der Waals surface area contributed by atoms with Gasteiger partial charge < -0.3 is 11.1 Å². The summed E-state index contributed by atoms with van der Waals surface area (Å²) in [4.78, 5) is 33.0. The molecule has 0 aliphatic carbocycles. The summed E-state index contributed by atoms with van der Waals surface area (Å²) in [6, 6.07) is 9.30. The van der Waals surface area contributed by atoms with Crippen LogP contribution < -0.4 is 11.1 Å². The Kier molecular flexibility index (Phi) is 5.41. The van der Waals surface area contributed by atoms with Gasteiger partial charge in [0.05, 0.1) is 22.5 Å². The zero-order valence-electron chi connectivity index (χ0n) is 15.4. The number of thioether (sulfide) groups is 1. The number of carbonyl (C=O) groups is 2. The molecule has 0 radical (unpaired) electrons. The highest BCUT2D eigenvalue weighted by Gasteiger charge is 2.18. The molecule has 0 bridgehead atoms. The van der Waals surface area contributed by atoms with Crippen molar-refractivity contribution in [1.29, 1.82) is 0 Å². The molecule has 0 atom stereocenters. The second-order valence-corrected chi connectivity index (χ2v) is 7.17. The summed E-state index contributed by atoms with van der Waals surface area (Å²) in [7, 11) is 0. The molecule has 1 aromatic carbocycles. The summed E-state index contributed by atoms with van der Waals surface area (Å²) < 4.78 is 0. The van der Waals surface area contributed by atoms with Gasteiger partial charge in [-0.2, -0.15) is 0 Å². The molecule has 6 nitrogen and oxygen atoms in total. The van der Waals surface area contributed by atoms with E-state index < -0.39 is 5.91 Å². The van der Waals surface area contributed by atoms with Gasteiger partial charge in [-0.3, -0.25) is 14.6 Å². The molecule has 7 heteroatoms. The third kappa shape index (κ3) is 3.93. The Morgan fingerprint density at radius 3 is 2.63 bits per heavy atom. The van der Waals surface area contributed by atoms with Crippen molar-refractivity contribution in [3.05, 3.63) is 58.9 Å². The van der Waals surface area contributed by atoms with Gasteiger partial charge in [-0.05, 0) is 56.2 Å². The first-order valence-corrected chi connectivity index (χ1v) is 9.41. The largest absolute Gasteiger partial charge is 0.366 e. The SMILES string of the molecule is Cc1nc(SCC(=O)Nc2cccc3ncccc23)c(C(N)=O)c(C)c1C. The molecule has 0 unspecified atom stereocenters. The minimum Gasteiger partial charge on any atom is -0.366 e. The quantitative estimate of drug-likeness (QED) is 0.661. The molecule has 0 aliphatic heterocycles. The van der Waals surface area contributed by atoms with Crippen LogP contribution in [0.1, 0.15) is 27.2 Å². The summed E-state index contributed by atoms with van der Waals surface area (Å²) in [6.07, 6.45) is 1.71. The maximum absolute atomic E-state index is 12.5. The van der Waals surface area contributed by atoms with E-state index in [4.69, 9.17) is 5.73 Å². The molecular formula is C20H20N4O2S. The highest BCUT2D eigenvalue weighted by Crippen LogP contribution is 2.27. The van der Waals surface area contributed by atoms with E-state index in [9.17, 15) is 9.59 Å². The van der Waals surface area contributed by atoms with Crippen molar-refractivity contribution in [2.75, 3.05) is 11.1 Å². The average molecular weight is 380 g/mol. The van der Waals surface area contributed by atoms with Crippen LogP contribution in [0, 0.1) is 20.8 Å². The number of aryl methyl sites for hydroxylation is 1. The van der Waals surface area contributed by atoms with Gasteiger partial charge >= 0.3 is 0 Å². The molecule has 0 saturated carbocycles. The number of amides is 2. The number of benzene rings is 1. The fraction of sp³-hybridized carbons (Fsp3) is 0.200. The lowest BCUT2D eigenvalue weighted by Gasteiger charge is -2.13. The number of nitrogens with zero attached hydrogens (tertiary/aromatic N) is 2. The van der Waals surface area contributed by atoms with Gasteiger partial charge in [0.25, 0.3) is 5.91 Å². The zero-order valence-corrected chi connectivity index (χ0v) is 16.2. The van der Waals surface area contributed by atoms with Crippen molar-refractivity contribution >= 4 is 40.2 Å². The van der Waals surface area contributed by atoms with E-state index in [1.807, 2.05) is 51.1 Å². The topological polar surface area (TPSA) is 98.0 Å². The average Bonchev–Trinajstić information content (AvgIpc) is 2.64. The molecule has 2 heterocycles. The normalized spacial score (nSPS) is 10.8. The van der Waals surface area contributed by atoms with E-state index in [2.05, 4.69) is 15.3 Å². The highest BCUT2D eigenvalue weighted by molar-refractivity contribution is 8.00. The maximum atomic E-state index is 12.5. The summed E-state index contributed by atoms with van der Waals surface area (Å²) >= 11 is 1.21. The first-order valence-electron chi connectivity index (χ1n) is 8.42. The fourth-order valence-corrected chi connectivity index (χ4v) is 3.78. The Labute approximate surface area is 161 Å². The van der Waals surface area contributed by atoms with Gasteiger partial charge in [-0.1, -0.05) is 17.8 Å². The molecule has 3 rings (SSSR count). The highest BCUT2D eigenvalue weighted by atomic mass is 32.2. The molecule has 138 valence electrons. The monoisotopic (exact) mass is 380 g/mol. The van der Waals surface area contributed by atoms with Crippen LogP contribution in [0.2, 0.25) is 0 Å². The number of anilines is 1. The van der Waals surface area contributed by atoms with Gasteiger partial charge in [0.2, 0.25) is 5.91 Å². The third-order valence-corrected chi connectivity index (χ3v) is 5.44. The summed E-state index contributed by atoms with van der Waals surface area (Å²) in [5, 5.41) is 4.26. The predicted molar refractivity (Wildman–Crippen MR) is 108 cm³/mol. The predicted octanol–water partition coefficient (Wildman–Crippen LogP) is 3.38. The Hall–Kier alpha value is -2.93. The van der Waals surface area contributed by atoms with Crippen molar-refractivity contribution < 1.29 is 9.59 Å². The number of fused-ring (bicyclic) bond motifs is 1. The number of carbonyl (C=O) groups excluding carboxylic acids is 2. The Morgan fingerprint density at radius 2 is 1.89 bits per heavy atom. The van der Waals surface area contributed by atoms with E-state index in [0.717, 1.165) is 27.7 Å². The third-order valence-electron chi connectivity index (χ3n) is 4.47. The summed E-state index contributed by atoms with van der Waals surface area (Å²) in [5.74, 6) is -0.609. The Balaban J connectivity index is 1.79. The second-order valence-electron chi connectivity index (χ2n) is 6.20. The molecule has 3 aromatic rings. The van der Waals surface area contributed by atoms with Crippen molar-refractivity contribution in [3.8, 4) is 0 Å². The van der Waals surface area contributed by atoms with Crippen molar-refractivity contribution in [2.24, 2.45) is 5.73 Å². The number of pyridine rings is 2. The summed E-state index contributed by atoms with van der Waals surface area (Å²) in [6.45, 7) is 5.62. The van der Waals surface area contributed by atoms with E-state index in [1.54, 1.807) is 6.20 Å². The first-order chi connectivity index (χ1) is 12.9. The van der Waals surface area contributed by atoms with Crippen molar-refractivity contribution in [1.82, 2.24) is 9.97 Å². The van der Waals surface area contributed by atoms with Gasteiger partial charge in [0.1, 0.15) is 5.03 Å². The smallest absolute Gasteiger partial charge is 0.251 e. The number of rotatable bonds is 5. The molecule has 27 heavy (non-hydrogen) atoms. The lowest BCUT2D eigenvalue weighted by molar-refractivity contribution is -0.113. The molecular weight excluding hydrogens is 360 g/mol. The van der Waals surface area contributed by atoms with Gasteiger partial charge in [-0.15, -0.1) is 0 Å². The van der Waals surface area contributed by atoms with Gasteiger partial charge in [0, 0.05) is 17.3 Å². The van der Waals surface area contributed by atoms with Crippen LogP contribution in [0.25, 0.3) is 10.9 Å². The minimum atomic E-state index is -0.536. The van der Waals surface area contributed by atoms with Crippen LogP contribution in [0.5, 0.6) is 0 Å². The Bertz CT molecular complexity index is 1040. The molecule has 0 fully saturated rings. The zero-order chi connectivity index (χ0) is 19.6. The summed E-state index contributed by atoms with van der Waals surface area (Å²) in [5.41, 5.74) is 9.97. The molecule has 3 N–H and O–H groups in total. The molecule has 2 amide bonds. The van der Waals surface area contributed by atoms with Gasteiger partial charge in [-0.25, -0.2) is 4.98 Å². The number of nitrogens with two attached hydrogens (primary N) is 1. The molecule has 0 saturated heterocycles. The number of hydrogen-bond donors (Lipinski definition) is 2. The first kappa shape index (κ1) is 18.8. The number of nitrogens with one attached hydrogen (secondary N) is 1. The van der Waals surface area contributed by atoms with Gasteiger partial charge in [0.15, 0.2) is 0 Å². The van der Waals surface area contributed by atoms with Crippen LogP contribution in [0.15, 0.2) is 41.6 Å². The van der Waals surface area contributed by atoms with Crippen molar-refractivity contribution in [3.63, 3.8) is 0 Å². The van der Waals surface area contributed by atoms with E-state index in [1.165, 1.54) is 11.8 Å². The van der Waals surface area contributed by atoms with Crippen LogP contribution in [-0.2, 0) is 4.79 Å². The lowest BCUT2D eigenvalue weighted by Crippen LogP contribution is -2.18. The van der Waals surface area contributed by atoms with E-state index >= 15 is 0 Å². The molecule has 0 spiro atoms. The molecule has 0 aliphatic rings. The minimum absolute atomic E-state index is 0.117. The number of aromatic nitrogens is 2. The molecule has 2 aromatic heterocycles. The van der Waals surface area contributed by atoms with Crippen molar-refractivity contribution in [2.45, 2.75) is 25.8 Å². The number of hydrogen-bond acceptors (Lipinski definition) is 5. The lowest BCUT2D eigenvalue weighted by atomic mass is 10.0.